The quantitative estimate of drug-likeness (QED) is 0.0602. The summed E-state index contributed by atoms with van der Waals surface area (Å²) in [5.74, 6) is 6.27. The summed E-state index contributed by atoms with van der Waals surface area (Å²) in [6.45, 7) is 1.19. The second-order valence-electron chi connectivity index (χ2n) is 6.99. The number of hydrogen-bond donors (Lipinski definition) is 13. The van der Waals surface area contributed by atoms with Crippen molar-refractivity contribution < 1.29 is 99.8 Å². The second-order valence-corrected chi connectivity index (χ2v) is 6.99. The third-order valence-electron chi connectivity index (χ3n) is 2.76. The Hall–Kier alpha value is -1.91. The number of hydrogen-bond acceptors (Lipinski definition) is 20. The predicted molar refractivity (Wildman–Crippen MR) is 134 cm³/mol. The molecule has 16 N–H and O–H groups in total. The summed E-state index contributed by atoms with van der Waals surface area (Å²) in [6.07, 6.45) is -5.09. The average molecular weight is 672 g/mol. The minimum Gasteiger partial charge on any atom is -0.550 e. The van der Waals surface area contributed by atoms with Crippen molar-refractivity contribution >= 4 is 67.6 Å². The Labute approximate surface area is 274 Å². The SMILES string of the molecule is CC(=O)O.CC(=O)O.NOCC(O)CO.NOCC(O)CO.NOCC(O)CO.O=C([O-])CC(O)(CC(=O)O)C(=O)[O-].[Ca+2]. The van der Waals surface area contributed by atoms with Gasteiger partial charge in [-0.1, -0.05) is 0 Å². The van der Waals surface area contributed by atoms with Crippen molar-refractivity contribution in [3.63, 3.8) is 0 Å². The van der Waals surface area contributed by atoms with Gasteiger partial charge in [0.05, 0.1) is 52.0 Å². The Balaban J connectivity index is -0.0000000759. The average Bonchev–Trinajstić information content (AvgIpc) is 2.83. The van der Waals surface area contributed by atoms with Crippen LogP contribution < -0.4 is 27.9 Å². The largest absolute Gasteiger partial charge is 2.00 e. The third kappa shape index (κ3) is 68.7. The molecule has 0 bridgehead atoms. The number of carboxylic acid groups (broad SMARTS) is 5. The van der Waals surface area contributed by atoms with Crippen molar-refractivity contribution in [2.45, 2.75) is 50.6 Å². The molecule has 43 heavy (non-hydrogen) atoms. The first kappa shape index (κ1) is 56.8. The van der Waals surface area contributed by atoms with Crippen LogP contribution in [0.2, 0.25) is 0 Å². The summed E-state index contributed by atoms with van der Waals surface area (Å²) in [4.78, 5) is 60.1. The summed E-state index contributed by atoms with van der Waals surface area (Å²) in [6, 6.07) is 0. The van der Waals surface area contributed by atoms with E-state index in [4.69, 9.17) is 60.7 Å². The molecule has 0 aromatic carbocycles. The van der Waals surface area contributed by atoms with E-state index in [0.717, 1.165) is 13.8 Å². The van der Waals surface area contributed by atoms with E-state index in [1.807, 2.05) is 0 Å². The number of carboxylic acids is 5. The van der Waals surface area contributed by atoms with Gasteiger partial charge in [0.1, 0.15) is 23.9 Å². The molecule has 0 rings (SSSR count). The Bertz CT molecular complexity index is 625. The van der Waals surface area contributed by atoms with Gasteiger partial charge in [-0.2, -0.15) is 0 Å². The predicted octanol–water partition coefficient (Wildman–Crippen LogP) is -9.43. The van der Waals surface area contributed by atoms with E-state index in [2.05, 4.69) is 32.2 Å². The van der Waals surface area contributed by atoms with Crippen LogP contribution in [0.25, 0.3) is 0 Å². The van der Waals surface area contributed by atoms with E-state index in [0.29, 0.717) is 0 Å². The van der Waals surface area contributed by atoms with Gasteiger partial charge < -0.3 is 85.4 Å². The minimum atomic E-state index is -2.91. The zero-order valence-electron chi connectivity index (χ0n) is 23.4. The fraction of sp³-hybridized carbons (Fsp3) is 0.737. The van der Waals surface area contributed by atoms with E-state index in [-0.39, 0.29) is 77.4 Å². The van der Waals surface area contributed by atoms with Crippen LogP contribution in [0.3, 0.4) is 0 Å². The Morgan fingerprint density at radius 2 is 0.907 bits per heavy atom. The Kier molecular flexibility index (Phi) is 53.0. The van der Waals surface area contributed by atoms with Crippen LogP contribution in [0, 0.1) is 0 Å². The maximum Gasteiger partial charge on any atom is 2.00 e. The van der Waals surface area contributed by atoms with Crippen molar-refractivity contribution in [3.05, 3.63) is 0 Å². The van der Waals surface area contributed by atoms with Gasteiger partial charge in [-0.15, -0.1) is 0 Å². The van der Waals surface area contributed by atoms with E-state index in [9.17, 15) is 24.6 Å². The van der Waals surface area contributed by atoms with Crippen molar-refractivity contribution in [2.75, 3.05) is 39.6 Å². The molecule has 254 valence electrons. The number of aliphatic carboxylic acids is 5. The summed E-state index contributed by atoms with van der Waals surface area (Å²) in [5.41, 5.74) is -2.91. The van der Waals surface area contributed by atoms with Crippen LogP contribution in [-0.4, -0.2) is 182 Å². The summed E-state index contributed by atoms with van der Waals surface area (Å²) in [7, 11) is 0. The number of aliphatic hydroxyl groups excluding tert-OH is 6. The molecule has 24 heteroatoms. The van der Waals surface area contributed by atoms with Gasteiger partial charge in [-0.25, -0.2) is 17.7 Å². The second kappa shape index (κ2) is 40.1. The van der Waals surface area contributed by atoms with Gasteiger partial charge in [0.2, 0.25) is 0 Å². The molecular formula is C19H41CaN3O20. The molecule has 0 aromatic rings. The van der Waals surface area contributed by atoms with Crippen LogP contribution in [0.1, 0.15) is 26.7 Å². The molecule has 0 spiro atoms. The number of rotatable bonds is 14. The summed E-state index contributed by atoms with van der Waals surface area (Å²) < 4.78 is 0. The van der Waals surface area contributed by atoms with Crippen molar-refractivity contribution in [2.24, 2.45) is 17.7 Å². The molecule has 0 fully saturated rings. The van der Waals surface area contributed by atoms with E-state index in [1.165, 1.54) is 0 Å². The van der Waals surface area contributed by atoms with E-state index >= 15 is 0 Å². The first-order valence-corrected chi connectivity index (χ1v) is 10.7. The van der Waals surface area contributed by atoms with Gasteiger partial charge in [0, 0.05) is 26.2 Å². The molecule has 4 unspecified atom stereocenters. The van der Waals surface area contributed by atoms with Gasteiger partial charge in [0.15, 0.2) is 0 Å². The standard InChI is InChI=1S/C6H8O7.3C3H9NO3.2C2H4O2.Ca/c7-3(8)1-6(13,5(11)12)2-4(9)10;3*4-7-2-3(6)1-5;2*1-2(3)4;/h13H,1-2H2,(H,7,8)(H,9,10)(H,11,12);3*3,5-6H,1-2,4H2;2*1H3,(H,3,4);/q;;;;;;+2/p-2. The van der Waals surface area contributed by atoms with Crippen molar-refractivity contribution in [3.8, 4) is 0 Å². The number of carbonyl (C=O) groups excluding carboxylic acids is 2. The first-order valence-electron chi connectivity index (χ1n) is 10.7. The van der Waals surface area contributed by atoms with Gasteiger partial charge >= 0.3 is 43.7 Å². The normalized spacial score (nSPS) is 12.5. The molecule has 23 nitrogen and oxygen atoms in total. The maximum absolute atomic E-state index is 10.2. The number of nitrogens with two attached hydrogens (primary N) is 3. The zero-order chi connectivity index (χ0) is 34.9. The molecule has 0 saturated heterocycles. The monoisotopic (exact) mass is 671 g/mol. The van der Waals surface area contributed by atoms with Crippen molar-refractivity contribution in [1.82, 2.24) is 0 Å². The van der Waals surface area contributed by atoms with Crippen LogP contribution in [0.5, 0.6) is 0 Å². The third-order valence-corrected chi connectivity index (χ3v) is 2.76. The van der Waals surface area contributed by atoms with Crippen LogP contribution in [0.4, 0.5) is 0 Å². The molecule has 0 aromatic heterocycles. The molecule has 0 aliphatic heterocycles. The van der Waals surface area contributed by atoms with Crippen LogP contribution in [0.15, 0.2) is 0 Å². The zero-order valence-corrected chi connectivity index (χ0v) is 25.6. The molecule has 4 atom stereocenters. The molecule has 0 amide bonds. The minimum absolute atomic E-state index is 0. The smallest absolute Gasteiger partial charge is 0.550 e. The Morgan fingerprint density at radius 1 is 0.674 bits per heavy atom. The molecular weight excluding hydrogens is 630 g/mol. The maximum atomic E-state index is 10.2. The van der Waals surface area contributed by atoms with E-state index in [1.54, 1.807) is 0 Å². The molecule has 0 aliphatic rings. The topological polar surface area (TPSA) is 440 Å². The molecule has 0 heterocycles. The van der Waals surface area contributed by atoms with Gasteiger partial charge in [-0.3, -0.25) is 14.4 Å². The first-order chi connectivity index (χ1) is 19.2. The fourth-order valence-electron chi connectivity index (χ4n) is 1.19. The fourth-order valence-corrected chi connectivity index (χ4v) is 1.19. The summed E-state index contributed by atoms with van der Waals surface area (Å²) >= 11 is 0. The van der Waals surface area contributed by atoms with Crippen LogP contribution in [-0.2, 0) is 38.5 Å². The molecule has 0 radical (unpaired) electrons. The molecule has 0 aliphatic carbocycles. The van der Waals surface area contributed by atoms with Gasteiger partial charge in [-0.05, 0) is 0 Å². The van der Waals surface area contributed by atoms with Crippen LogP contribution >= 0.6 is 0 Å². The number of carbonyl (C=O) groups is 5. The van der Waals surface area contributed by atoms with Gasteiger partial charge in [0.25, 0.3) is 11.9 Å². The number of aliphatic hydroxyl groups is 7. The summed E-state index contributed by atoms with van der Waals surface area (Å²) in [5, 5.41) is 102. The van der Waals surface area contributed by atoms with Crippen molar-refractivity contribution in [1.29, 1.82) is 0 Å². The van der Waals surface area contributed by atoms with E-state index < -0.39 is 66.6 Å². The Morgan fingerprint density at radius 3 is 1.00 bits per heavy atom. The molecule has 0 saturated carbocycles.